The van der Waals surface area contributed by atoms with Crippen molar-refractivity contribution in [2.24, 2.45) is 0 Å². The summed E-state index contributed by atoms with van der Waals surface area (Å²) in [6.07, 6.45) is 2.32. The second-order valence-electron chi connectivity index (χ2n) is 3.43. The van der Waals surface area contributed by atoms with Crippen LogP contribution in [-0.2, 0) is 6.42 Å². The quantitative estimate of drug-likeness (QED) is 0.770. The second-order valence-corrected chi connectivity index (χ2v) is 4.87. The molecule has 3 heteroatoms. The minimum atomic E-state index is 0.600. The Morgan fingerprint density at radius 3 is 2.53 bits per heavy atom. The number of hydrogen-bond donors (Lipinski definition) is 0. The molecule has 15 heavy (non-hydrogen) atoms. The minimum absolute atomic E-state index is 0.600. The second kappa shape index (κ2) is 4.77. The van der Waals surface area contributed by atoms with Crippen molar-refractivity contribution in [1.82, 2.24) is 4.98 Å². The molecule has 0 amide bonds. The molecule has 0 aliphatic rings. The van der Waals surface area contributed by atoms with Crippen LogP contribution in [0.1, 0.15) is 18.9 Å². The number of aromatic nitrogens is 1. The van der Waals surface area contributed by atoms with E-state index in [-0.39, 0.29) is 0 Å². The molecule has 1 nitrogen and oxygen atoms in total. The third kappa shape index (κ3) is 2.58. The van der Waals surface area contributed by atoms with E-state index < -0.39 is 0 Å². The maximum atomic E-state index is 5.80. The maximum Gasteiger partial charge on any atom is 0.184 e. The molecule has 2 rings (SSSR count). The Hall–Kier alpha value is -0.860. The first-order valence-electron chi connectivity index (χ1n) is 5.00. The monoisotopic (exact) mass is 237 g/mol. The van der Waals surface area contributed by atoms with Gasteiger partial charge in [0.1, 0.15) is 0 Å². The van der Waals surface area contributed by atoms with Crippen LogP contribution in [0.5, 0.6) is 0 Å². The van der Waals surface area contributed by atoms with Crippen LogP contribution in [0, 0.1) is 0 Å². The van der Waals surface area contributed by atoms with Crippen molar-refractivity contribution in [2.75, 3.05) is 0 Å². The SMILES string of the molecule is CCCc1ccc(-c2csc(Cl)n2)cc1. The van der Waals surface area contributed by atoms with Crippen molar-refractivity contribution in [1.29, 1.82) is 0 Å². The molecule has 0 radical (unpaired) electrons. The van der Waals surface area contributed by atoms with Crippen molar-refractivity contribution in [3.05, 3.63) is 39.7 Å². The molecule has 1 aromatic carbocycles. The van der Waals surface area contributed by atoms with Gasteiger partial charge in [-0.25, -0.2) is 4.98 Å². The van der Waals surface area contributed by atoms with Crippen LogP contribution in [0.4, 0.5) is 0 Å². The van der Waals surface area contributed by atoms with Crippen LogP contribution in [0.15, 0.2) is 29.6 Å². The predicted octanol–water partition coefficient (Wildman–Crippen LogP) is 4.42. The van der Waals surface area contributed by atoms with Crippen LogP contribution in [-0.4, -0.2) is 4.98 Å². The largest absolute Gasteiger partial charge is 0.225 e. The lowest BCUT2D eigenvalue weighted by Crippen LogP contribution is -1.83. The van der Waals surface area contributed by atoms with Gasteiger partial charge in [0.2, 0.25) is 0 Å². The highest BCUT2D eigenvalue weighted by molar-refractivity contribution is 7.14. The van der Waals surface area contributed by atoms with Crippen molar-refractivity contribution in [3.63, 3.8) is 0 Å². The molecule has 0 saturated heterocycles. The van der Waals surface area contributed by atoms with E-state index in [9.17, 15) is 0 Å². The summed E-state index contributed by atoms with van der Waals surface area (Å²) in [5.41, 5.74) is 3.48. The zero-order valence-corrected chi connectivity index (χ0v) is 10.1. The van der Waals surface area contributed by atoms with Crippen molar-refractivity contribution in [2.45, 2.75) is 19.8 Å². The Morgan fingerprint density at radius 2 is 2.00 bits per heavy atom. The van der Waals surface area contributed by atoms with Gasteiger partial charge in [-0.05, 0) is 12.0 Å². The molecule has 1 aromatic heterocycles. The highest BCUT2D eigenvalue weighted by Crippen LogP contribution is 2.24. The molecule has 2 aromatic rings. The van der Waals surface area contributed by atoms with Crippen molar-refractivity contribution >= 4 is 22.9 Å². The zero-order valence-electron chi connectivity index (χ0n) is 8.53. The topological polar surface area (TPSA) is 12.9 Å². The number of thiazole rings is 1. The van der Waals surface area contributed by atoms with Gasteiger partial charge in [0, 0.05) is 10.9 Å². The Labute approximate surface area is 98.7 Å². The Bertz CT molecular complexity index is 433. The Morgan fingerprint density at radius 1 is 1.27 bits per heavy atom. The van der Waals surface area contributed by atoms with E-state index in [2.05, 4.69) is 36.2 Å². The third-order valence-corrected chi connectivity index (χ3v) is 3.24. The molecule has 0 fully saturated rings. The van der Waals surface area contributed by atoms with E-state index in [4.69, 9.17) is 11.6 Å². The lowest BCUT2D eigenvalue weighted by Gasteiger charge is -2.00. The molecule has 78 valence electrons. The van der Waals surface area contributed by atoms with E-state index >= 15 is 0 Å². The molecular weight excluding hydrogens is 226 g/mol. The molecule has 0 spiro atoms. The van der Waals surface area contributed by atoms with Crippen LogP contribution >= 0.6 is 22.9 Å². The average Bonchev–Trinajstić information content (AvgIpc) is 2.67. The first-order chi connectivity index (χ1) is 7.29. The molecule has 0 atom stereocenters. The number of halogens is 1. The molecule has 0 saturated carbocycles. The van der Waals surface area contributed by atoms with Gasteiger partial charge in [0.25, 0.3) is 0 Å². The molecule has 1 heterocycles. The Kier molecular flexibility index (Phi) is 3.39. The highest BCUT2D eigenvalue weighted by atomic mass is 35.5. The van der Waals surface area contributed by atoms with Gasteiger partial charge >= 0.3 is 0 Å². The van der Waals surface area contributed by atoms with Crippen molar-refractivity contribution < 1.29 is 0 Å². The lowest BCUT2D eigenvalue weighted by atomic mass is 10.1. The summed E-state index contributed by atoms with van der Waals surface area (Å²) in [5, 5.41) is 1.98. The number of nitrogens with zero attached hydrogens (tertiary/aromatic N) is 1. The van der Waals surface area contributed by atoms with Gasteiger partial charge in [-0.1, -0.05) is 49.2 Å². The number of rotatable bonds is 3. The molecular formula is C12H12ClNS. The third-order valence-electron chi connectivity index (χ3n) is 2.26. The van der Waals surface area contributed by atoms with E-state index in [1.165, 1.54) is 23.3 Å². The summed E-state index contributed by atoms with van der Waals surface area (Å²) < 4.78 is 0.600. The predicted molar refractivity (Wildman–Crippen MR) is 66.6 cm³/mol. The molecule has 0 aliphatic carbocycles. The van der Waals surface area contributed by atoms with E-state index in [0.717, 1.165) is 17.7 Å². The van der Waals surface area contributed by atoms with Gasteiger partial charge in [0.15, 0.2) is 4.47 Å². The van der Waals surface area contributed by atoms with Crippen LogP contribution < -0.4 is 0 Å². The fraction of sp³-hybridized carbons (Fsp3) is 0.250. The Balaban J connectivity index is 2.23. The number of benzene rings is 1. The highest BCUT2D eigenvalue weighted by Gasteiger charge is 2.02. The van der Waals surface area contributed by atoms with E-state index in [0.29, 0.717) is 4.47 Å². The zero-order chi connectivity index (χ0) is 10.7. The standard InChI is InChI=1S/C12H12ClNS/c1-2-3-9-4-6-10(7-5-9)11-8-15-12(13)14-11/h4-8H,2-3H2,1H3. The molecule has 0 N–H and O–H groups in total. The lowest BCUT2D eigenvalue weighted by molar-refractivity contribution is 0.922. The fourth-order valence-electron chi connectivity index (χ4n) is 1.52. The number of aryl methyl sites for hydroxylation is 1. The first kappa shape index (κ1) is 10.7. The van der Waals surface area contributed by atoms with Crippen LogP contribution in [0.25, 0.3) is 11.3 Å². The van der Waals surface area contributed by atoms with Gasteiger partial charge in [-0.3, -0.25) is 0 Å². The summed E-state index contributed by atoms with van der Waals surface area (Å²) in [5.74, 6) is 0. The van der Waals surface area contributed by atoms with E-state index in [1.807, 2.05) is 5.38 Å². The summed E-state index contributed by atoms with van der Waals surface area (Å²) in [6, 6.07) is 8.53. The normalized spacial score (nSPS) is 10.5. The molecule has 0 unspecified atom stereocenters. The minimum Gasteiger partial charge on any atom is -0.225 e. The fourth-order valence-corrected chi connectivity index (χ4v) is 2.29. The smallest absolute Gasteiger partial charge is 0.184 e. The number of hydrogen-bond acceptors (Lipinski definition) is 2. The van der Waals surface area contributed by atoms with Gasteiger partial charge < -0.3 is 0 Å². The molecule has 0 bridgehead atoms. The average molecular weight is 238 g/mol. The summed E-state index contributed by atoms with van der Waals surface area (Å²) >= 11 is 7.27. The summed E-state index contributed by atoms with van der Waals surface area (Å²) in [4.78, 5) is 4.24. The van der Waals surface area contributed by atoms with E-state index in [1.54, 1.807) is 0 Å². The first-order valence-corrected chi connectivity index (χ1v) is 6.25. The van der Waals surface area contributed by atoms with Crippen molar-refractivity contribution in [3.8, 4) is 11.3 Å². The van der Waals surface area contributed by atoms with Gasteiger partial charge in [-0.2, -0.15) is 0 Å². The van der Waals surface area contributed by atoms with Crippen LogP contribution in [0.2, 0.25) is 4.47 Å². The van der Waals surface area contributed by atoms with Gasteiger partial charge in [-0.15, -0.1) is 11.3 Å². The summed E-state index contributed by atoms with van der Waals surface area (Å²) in [6.45, 7) is 2.19. The van der Waals surface area contributed by atoms with Crippen LogP contribution in [0.3, 0.4) is 0 Å². The maximum absolute atomic E-state index is 5.80. The summed E-state index contributed by atoms with van der Waals surface area (Å²) in [7, 11) is 0. The molecule has 0 aliphatic heterocycles. The van der Waals surface area contributed by atoms with Gasteiger partial charge in [0.05, 0.1) is 5.69 Å².